The molecule has 0 rings (SSSR count). The molecule has 0 heterocycles. The molecule has 0 bridgehead atoms. The third kappa shape index (κ3) is 8.97. The maximum atomic E-state index is 2.56. The Balaban J connectivity index is 0. The molecule has 2 heteroatoms. The predicted octanol–water partition coefficient (Wildman–Crippen LogP) is 5.03. The van der Waals surface area contributed by atoms with Crippen LogP contribution in [0.1, 0.15) is 82.6 Å². The number of rotatable bonds is 7. The van der Waals surface area contributed by atoms with Crippen molar-refractivity contribution in [3.05, 3.63) is 0 Å². The van der Waals surface area contributed by atoms with Gasteiger partial charge in [0.05, 0.1) is 0 Å². The van der Waals surface area contributed by atoms with Crippen molar-refractivity contribution >= 4 is 0 Å². The molecule has 1 unspecified atom stereocenters. The van der Waals surface area contributed by atoms with Crippen LogP contribution in [-0.2, 0) is 0 Å². The van der Waals surface area contributed by atoms with Gasteiger partial charge >= 0.3 is 0 Å². The van der Waals surface area contributed by atoms with Crippen LogP contribution >= 0.6 is 0 Å². The summed E-state index contributed by atoms with van der Waals surface area (Å²) >= 11 is 0. The summed E-state index contributed by atoms with van der Waals surface area (Å²) in [5.41, 5.74) is 0. The lowest BCUT2D eigenvalue weighted by molar-refractivity contribution is 0.120. The van der Waals surface area contributed by atoms with E-state index in [1.54, 1.807) is 0 Å². The zero-order chi connectivity index (χ0) is 16.5. The molecule has 0 N–H and O–H groups in total. The van der Waals surface area contributed by atoms with Gasteiger partial charge in [0, 0.05) is 30.2 Å². The third-order valence-electron chi connectivity index (χ3n) is 3.98. The van der Waals surface area contributed by atoms with Crippen molar-refractivity contribution in [3.63, 3.8) is 0 Å². The first kappa shape index (κ1) is 22.2. The average Bonchev–Trinajstić information content (AvgIpc) is 2.28. The molecule has 124 valence electrons. The van der Waals surface area contributed by atoms with Gasteiger partial charge in [0.15, 0.2) is 0 Å². The van der Waals surface area contributed by atoms with Crippen molar-refractivity contribution < 1.29 is 0 Å². The van der Waals surface area contributed by atoms with Crippen LogP contribution in [0.5, 0.6) is 0 Å². The molecular weight excluding hydrogens is 244 g/mol. The number of nitrogens with zero attached hydrogens (tertiary/aromatic N) is 2. The highest BCUT2D eigenvalue weighted by molar-refractivity contribution is 4.72. The van der Waals surface area contributed by atoms with Gasteiger partial charge in [0.25, 0.3) is 0 Å². The van der Waals surface area contributed by atoms with Crippen molar-refractivity contribution in [2.24, 2.45) is 0 Å². The zero-order valence-corrected chi connectivity index (χ0v) is 16.2. The average molecular weight is 287 g/mol. The molecule has 0 radical (unpaired) electrons. The maximum absolute atomic E-state index is 2.56. The molecule has 0 aliphatic carbocycles. The van der Waals surface area contributed by atoms with E-state index < -0.39 is 0 Å². The van der Waals surface area contributed by atoms with Crippen molar-refractivity contribution in [2.75, 3.05) is 6.54 Å². The van der Waals surface area contributed by atoms with E-state index in [0.717, 1.165) is 12.6 Å². The Hall–Kier alpha value is -0.0800. The zero-order valence-electron chi connectivity index (χ0n) is 16.2. The Kier molecular flexibility index (Phi) is 12.8. The lowest BCUT2D eigenvalue weighted by Crippen LogP contribution is -2.43. The molecule has 0 aromatic rings. The van der Waals surface area contributed by atoms with Crippen molar-refractivity contribution in [3.8, 4) is 0 Å². The van der Waals surface area contributed by atoms with Gasteiger partial charge in [-0.15, -0.1) is 0 Å². The fraction of sp³-hybridized carbons (Fsp3) is 1.00. The summed E-state index contributed by atoms with van der Waals surface area (Å²) in [6.45, 7) is 26.0. The minimum Gasteiger partial charge on any atom is -0.299 e. The van der Waals surface area contributed by atoms with Crippen molar-refractivity contribution in [2.45, 2.75) is 113 Å². The van der Waals surface area contributed by atoms with Crippen LogP contribution < -0.4 is 0 Å². The van der Waals surface area contributed by atoms with E-state index in [1.165, 1.54) is 6.42 Å². The molecule has 2 nitrogen and oxygen atoms in total. The second kappa shape index (κ2) is 11.6. The van der Waals surface area contributed by atoms with E-state index in [0.29, 0.717) is 24.2 Å². The van der Waals surface area contributed by atoms with E-state index in [4.69, 9.17) is 0 Å². The highest BCUT2D eigenvalue weighted by Gasteiger charge is 2.17. The minimum atomic E-state index is 0.671. The second-order valence-electron chi connectivity index (χ2n) is 6.91. The largest absolute Gasteiger partial charge is 0.299 e. The molecule has 0 saturated carbocycles. The number of hydrogen-bond donors (Lipinski definition) is 0. The van der Waals surface area contributed by atoms with Gasteiger partial charge in [-0.2, -0.15) is 0 Å². The van der Waals surface area contributed by atoms with Crippen molar-refractivity contribution in [1.82, 2.24) is 9.80 Å². The van der Waals surface area contributed by atoms with E-state index >= 15 is 0 Å². The molecule has 0 aliphatic heterocycles. The molecule has 0 spiro atoms. The fourth-order valence-electron chi connectivity index (χ4n) is 3.15. The van der Waals surface area contributed by atoms with Gasteiger partial charge in [-0.05, 0) is 75.3 Å². The highest BCUT2D eigenvalue weighted by Crippen LogP contribution is 2.12. The van der Waals surface area contributed by atoms with E-state index in [1.807, 2.05) is 0 Å². The first-order valence-electron chi connectivity index (χ1n) is 8.63. The van der Waals surface area contributed by atoms with Gasteiger partial charge in [-0.1, -0.05) is 13.8 Å². The molecule has 0 amide bonds. The molecule has 1 atom stereocenters. The van der Waals surface area contributed by atoms with Gasteiger partial charge in [-0.3, -0.25) is 9.80 Å². The summed E-state index contributed by atoms with van der Waals surface area (Å²) in [6.07, 6.45) is 1.25. The fourth-order valence-corrected chi connectivity index (χ4v) is 3.15. The quantitative estimate of drug-likeness (QED) is 0.647. The molecule has 0 aromatic carbocycles. The van der Waals surface area contributed by atoms with Crippen LogP contribution in [0.25, 0.3) is 0 Å². The normalized spacial score (nSPS) is 13.7. The Labute approximate surface area is 129 Å². The molecular formula is C18H42N2. The second-order valence-corrected chi connectivity index (χ2v) is 6.91. The summed E-state index contributed by atoms with van der Waals surface area (Å²) in [5.74, 6) is 0. The summed E-state index contributed by atoms with van der Waals surface area (Å²) < 4.78 is 0. The maximum Gasteiger partial charge on any atom is 0.00697 e. The van der Waals surface area contributed by atoms with Gasteiger partial charge in [0.2, 0.25) is 0 Å². The van der Waals surface area contributed by atoms with E-state index in [-0.39, 0.29) is 0 Å². The first-order valence-corrected chi connectivity index (χ1v) is 8.63. The molecule has 0 fully saturated rings. The third-order valence-corrected chi connectivity index (χ3v) is 3.98. The summed E-state index contributed by atoms with van der Waals surface area (Å²) in [5, 5.41) is 0. The summed E-state index contributed by atoms with van der Waals surface area (Å²) in [7, 11) is 0. The van der Waals surface area contributed by atoms with Crippen LogP contribution in [0.15, 0.2) is 0 Å². The monoisotopic (exact) mass is 286 g/mol. The van der Waals surface area contributed by atoms with Crippen LogP contribution in [0.2, 0.25) is 0 Å². The summed E-state index contributed by atoms with van der Waals surface area (Å²) in [4.78, 5) is 5.01. The first-order chi connectivity index (χ1) is 9.09. The van der Waals surface area contributed by atoms with Crippen LogP contribution in [0.3, 0.4) is 0 Å². The van der Waals surface area contributed by atoms with Crippen LogP contribution in [0, 0.1) is 0 Å². The highest BCUT2D eigenvalue weighted by atomic mass is 15.2. The lowest BCUT2D eigenvalue weighted by atomic mass is 10.1. The predicted molar refractivity (Wildman–Crippen MR) is 94.5 cm³/mol. The number of hydrogen-bond acceptors (Lipinski definition) is 2. The Morgan fingerprint density at radius 1 is 0.600 bits per heavy atom. The Morgan fingerprint density at radius 2 is 0.950 bits per heavy atom. The van der Waals surface area contributed by atoms with Gasteiger partial charge in [-0.25, -0.2) is 0 Å². The van der Waals surface area contributed by atoms with Crippen molar-refractivity contribution in [1.29, 1.82) is 0 Å². The lowest BCUT2D eigenvalue weighted by Gasteiger charge is -2.35. The smallest absolute Gasteiger partial charge is 0.00697 e. The molecule has 0 saturated heterocycles. The van der Waals surface area contributed by atoms with Gasteiger partial charge in [0.1, 0.15) is 0 Å². The Bertz CT molecular complexity index is 193. The van der Waals surface area contributed by atoms with Crippen LogP contribution in [0.4, 0.5) is 0 Å². The topological polar surface area (TPSA) is 6.48 Å². The molecule has 20 heavy (non-hydrogen) atoms. The Morgan fingerprint density at radius 3 is 1.00 bits per heavy atom. The minimum absolute atomic E-state index is 0.671. The van der Waals surface area contributed by atoms with Gasteiger partial charge < -0.3 is 0 Å². The summed E-state index contributed by atoms with van der Waals surface area (Å²) in [6, 6.07) is 3.44. The van der Waals surface area contributed by atoms with E-state index in [2.05, 4.69) is 86.0 Å². The molecule has 0 aliphatic rings. The van der Waals surface area contributed by atoms with Crippen LogP contribution in [-0.4, -0.2) is 46.6 Å². The molecule has 0 aromatic heterocycles. The van der Waals surface area contributed by atoms with E-state index in [9.17, 15) is 0 Å². The SMILES string of the molecule is CCC(C)N(C(C)C)C(C)C.CCN(C(C)C)C(C)C. The standard InChI is InChI=1S/C10H23N.C8H19N/c1-7-10(6)11(8(2)3)9(4)5;1-6-9(7(2)3)8(4)5/h8-10H,7H2,1-6H3;7-8H,6H2,1-5H3.